The van der Waals surface area contributed by atoms with E-state index < -0.39 is 11.2 Å². The van der Waals surface area contributed by atoms with Crippen molar-refractivity contribution in [3.05, 3.63) is 50.7 Å². The Morgan fingerprint density at radius 3 is 2.48 bits per heavy atom. The third-order valence-electron chi connectivity index (χ3n) is 6.07. The van der Waals surface area contributed by atoms with Crippen molar-refractivity contribution in [2.24, 2.45) is 0 Å². The third-order valence-corrected chi connectivity index (χ3v) is 6.07. The fraction of sp³-hybridized carbons (Fsp3) is 0.542. The highest BCUT2D eigenvalue weighted by Crippen LogP contribution is 2.20. The van der Waals surface area contributed by atoms with Crippen LogP contribution in [0.15, 0.2) is 33.9 Å². The van der Waals surface area contributed by atoms with Gasteiger partial charge in [-0.1, -0.05) is 32.4 Å². The van der Waals surface area contributed by atoms with Crippen molar-refractivity contribution in [2.75, 3.05) is 54.8 Å². The molecule has 180 valence electrons. The van der Waals surface area contributed by atoms with Crippen LogP contribution in [0.25, 0.3) is 0 Å². The van der Waals surface area contributed by atoms with Gasteiger partial charge in [0.05, 0.1) is 6.54 Å². The Morgan fingerprint density at radius 1 is 1.12 bits per heavy atom. The van der Waals surface area contributed by atoms with E-state index in [1.165, 1.54) is 20.7 Å². The number of nitrogens with two attached hydrogens (primary N) is 1. The first-order chi connectivity index (χ1) is 15.8. The average Bonchev–Trinajstić information content (AvgIpc) is 2.79. The van der Waals surface area contributed by atoms with E-state index in [0.29, 0.717) is 19.5 Å². The molecule has 2 heterocycles. The van der Waals surface area contributed by atoms with Crippen LogP contribution in [-0.4, -0.2) is 59.6 Å². The number of nitrogens with one attached hydrogen (secondary N) is 1. The molecule has 0 saturated carbocycles. The molecule has 1 amide bonds. The van der Waals surface area contributed by atoms with Crippen LogP contribution < -0.4 is 26.8 Å². The van der Waals surface area contributed by atoms with E-state index >= 15 is 0 Å². The quantitative estimate of drug-likeness (QED) is 0.596. The summed E-state index contributed by atoms with van der Waals surface area (Å²) in [6.45, 7) is 10.2. The molecule has 1 aliphatic heterocycles. The third kappa shape index (κ3) is 5.84. The number of aromatic nitrogens is 2. The summed E-state index contributed by atoms with van der Waals surface area (Å²) in [6, 6.07) is 8.43. The first-order valence-corrected chi connectivity index (χ1v) is 11.8. The standard InChI is InChI=1S/C24H36N6O3/c1-4-6-11-29(21-22(25)30(10-5-2)24(33)26-23(21)32)20(31)17-27-12-14-28(15-13-27)19-9-7-8-18(3)16-19/h7-9,16H,4-6,10-15,17,25H2,1-3H3,(H,26,32,33). The van der Waals surface area contributed by atoms with Gasteiger partial charge in [0.15, 0.2) is 5.69 Å². The van der Waals surface area contributed by atoms with E-state index in [1.54, 1.807) is 0 Å². The number of hydrogen-bond donors (Lipinski definition) is 2. The minimum Gasteiger partial charge on any atom is -0.383 e. The second-order valence-corrected chi connectivity index (χ2v) is 8.65. The van der Waals surface area contributed by atoms with Crippen LogP contribution in [0, 0.1) is 6.92 Å². The summed E-state index contributed by atoms with van der Waals surface area (Å²) in [4.78, 5) is 46.5. The second kappa shape index (κ2) is 11.2. The molecule has 9 heteroatoms. The highest BCUT2D eigenvalue weighted by atomic mass is 16.2. The van der Waals surface area contributed by atoms with E-state index in [0.717, 1.165) is 39.0 Å². The number of aryl methyl sites for hydroxylation is 1. The van der Waals surface area contributed by atoms with E-state index in [1.807, 2.05) is 13.8 Å². The Hall–Kier alpha value is -3.07. The zero-order valence-electron chi connectivity index (χ0n) is 20.0. The lowest BCUT2D eigenvalue weighted by Gasteiger charge is -2.36. The first kappa shape index (κ1) is 24.6. The topological polar surface area (TPSA) is 108 Å². The van der Waals surface area contributed by atoms with Crippen LogP contribution >= 0.6 is 0 Å². The molecule has 3 N–H and O–H groups in total. The van der Waals surface area contributed by atoms with Crippen LogP contribution in [0.3, 0.4) is 0 Å². The van der Waals surface area contributed by atoms with Crippen molar-refractivity contribution in [3.8, 4) is 0 Å². The normalized spacial score (nSPS) is 14.5. The number of benzene rings is 1. The fourth-order valence-corrected chi connectivity index (χ4v) is 4.23. The zero-order chi connectivity index (χ0) is 24.0. The van der Waals surface area contributed by atoms with Crippen LogP contribution in [0.4, 0.5) is 17.2 Å². The van der Waals surface area contributed by atoms with Crippen molar-refractivity contribution >= 4 is 23.1 Å². The SMILES string of the molecule is CCCCN(C(=O)CN1CCN(c2cccc(C)c2)CC1)c1c(N)n(CCC)c(=O)[nH]c1=O. The largest absolute Gasteiger partial charge is 0.383 e. The van der Waals surface area contributed by atoms with Gasteiger partial charge in [0.1, 0.15) is 5.82 Å². The summed E-state index contributed by atoms with van der Waals surface area (Å²) >= 11 is 0. The number of hydrogen-bond acceptors (Lipinski definition) is 6. The summed E-state index contributed by atoms with van der Waals surface area (Å²) in [5.41, 5.74) is 7.59. The van der Waals surface area contributed by atoms with Gasteiger partial charge in [-0.15, -0.1) is 0 Å². The lowest BCUT2D eigenvalue weighted by atomic mass is 10.2. The molecule has 0 radical (unpaired) electrons. The van der Waals surface area contributed by atoms with Gasteiger partial charge in [-0.3, -0.25) is 24.0 Å². The van der Waals surface area contributed by atoms with Crippen LogP contribution in [0.5, 0.6) is 0 Å². The monoisotopic (exact) mass is 456 g/mol. The van der Waals surface area contributed by atoms with Gasteiger partial charge in [-0.25, -0.2) is 4.79 Å². The van der Waals surface area contributed by atoms with Gasteiger partial charge in [0, 0.05) is 45.0 Å². The lowest BCUT2D eigenvalue weighted by molar-refractivity contribution is -0.119. The molecule has 1 fully saturated rings. The van der Waals surface area contributed by atoms with Crippen molar-refractivity contribution in [2.45, 2.75) is 46.6 Å². The number of H-pyrrole nitrogens is 1. The summed E-state index contributed by atoms with van der Waals surface area (Å²) in [5, 5.41) is 0. The molecule has 0 bridgehead atoms. The molecular weight excluding hydrogens is 420 g/mol. The Balaban J connectivity index is 1.75. The van der Waals surface area contributed by atoms with Crippen LogP contribution in [-0.2, 0) is 11.3 Å². The minimum atomic E-state index is -0.612. The predicted molar refractivity (Wildman–Crippen MR) is 133 cm³/mol. The van der Waals surface area contributed by atoms with Crippen molar-refractivity contribution in [1.29, 1.82) is 0 Å². The number of nitrogen functional groups attached to an aromatic ring is 1. The molecule has 1 aromatic heterocycles. The smallest absolute Gasteiger partial charge is 0.330 e. The van der Waals surface area contributed by atoms with Gasteiger partial charge < -0.3 is 15.5 Å². The Morgan fingerprint density at radius 2 is 1.85 bits per heavy atom. The summed E-state index contributed by atoms with van der Waals surface area (Å²) in [7, 11) is 0. The van der Waals surface area contributed by atoms with Crippen molar-refractivity contribution in [1.82, 2.24) is 14.5 Å². The molecule has 0 spiro atoms. The molecule has 1 saturated heterocycles. The highest BCUT2D eigenvalue weighted by Gasteiger charge is 2.27. The maximum Gasteiger partial charge on any atom is 0.330 e. The highest BCUT2D eigenvalue weighted by molar-refractivity contribution is 5.96. The molecule has 0 unspecified atom stereocenters. The van der Waals surface area contributed by atoms with Gasteiger partial charge in [-0.2, -0.15) is 0 Å². The van der Waals surface area contributed by atoms with Gasteiger partial charge in [0.25, 0.3) is 5.56 Å². The van der Waals surface area contributed by atoms with Crippen molar-refractivity contribution < 1.29 is 4.79 Å². The fourth-order valence-electron chi connectivity index (χ4n) is 4.23. The number of rotatable bonds is 9. The van der Waals surface area contributed by atoms with Gasteiger partial charge in [-0.05, 0) is 37.5 Å². The van der Waals surface area contributed by atoms with Crippen LogP contribution in [0.2, 0.25) is 0 Å². The average molecular weight is 457 g/mol. The zero-order valence-corrected chi connectivity index (χ0v) is 20.0. The maximum absolute atomic E-state index is 13.3. The first-order valence-electron chi connectivity index (χ1n) is 11.8. The number of unbranched alkanes of at least 4 members (excludes halogenated alkanes) is 1. The number of nitrogens with zero attached hydrogens (tertiary/aromatic N) is 4. The number of carbonyl (C=O) groups excluding carboxylic acids is 1. The van der Waals surface area contributed by atoms with Gasteiger partial charge in [0.2, 0.25) is 5.91 Å². The molecule has 0 aliphatic carbocycles. The molecular formula is C24H36N6O3. The molecule has 9 nitrogen and oxygen atoms in total. The van der Waals surface area contributed by atoms with Gasteiger partial charge >= 0.3 is 5.69 Å². The molecule has 0 atom stereocenters. The van der Waals surface area contributed by atoms with E-state index in [-0.39, 0.29) is 24.0 Å². The lowest BCUT2D eigenvalue weighted by Crippen LogP contribution is -2.51. The number of amides is 1. The summed E-state index contributed by atoms with van der Waals surface area (Å²) in [5.74, 6) is -0.120. The minimum absolute atomic E-state index is 0.0549. The number of piperazine rings is 1. The van der Waals surface area contributed by atoms with Crippen molar-refractivity contribution in [3.63, 3.8) is 0 Å². The molecule has 1 aromatic carbocycles. The summed E-state index contributed by atoms with van der Waals surface area (Å²) in [6.07, 6.45) is 2.29. The second-order valence-electron chi connectivity index (χ2n) is 8.65. The number of carbonyl (C=O) groups is 1. The molecule has 3 rings (SSSR count). The molecule has 2 aromatic rings. The molecule has 33 heavy (non-hydrogen) atoms. The molecule has 1 aliphatic rings. The predicted octanol–water partition coefficient (Wildman–Crippen LogP) is 1.79. The van der Waals surface area contributed by atoms with E-state index in [2.05, 4.69) is 46.0 Å². The summed E-state index contributed by atoms with van der Waals surface area (Å²) < 4.78 is 1.34. The van der Waals surface area contributed by atoms with E-state index in [4.69, 9.17) is 5.73 Å². The number of anilines is 3. The number of aromatic amines is 1. The van der Waals surface area contributed by atoms with E-state index in [9.17, 15) is 14.4 Å². The van der Waals surface area contributed by atoms with Crippen LogP contribution in [0.1, 0.15) is 38.7 Å². The Kier molecular flexibility index (Phi) is 8.32. The Bertz CT molecular complexity index is 1070. The maximum atomic E-state index is 13.3. The Labute approximate surface area is 194 Å².